The summed E-state index contributed by atoms with van der Waals surface area (Å²) in [5.74, 6) is 5.95. The van der Waals surface area contributed by atoms with Gasteiger partial charge < -0.3 is 39.0 Å². The van der Waals surface area contributed by atoms with E-state index >= 15 is 0 Å². The summed E-state index contributed by atoms with van der Waals surface area (Å²) in [5.41, 5.74) is 0.802. The fourth-order valence-corrected chi connectivity index (χ4v) is 4.21. The van der Waals surface area contributed by atoms with Crippen molar-refractivity contribution < 1.29 is 39.0 Å². The van der Waals surface area contributed by atoms with Gasteiger partial charge in [0.15, 0.2) is 0 Å². The third-order valence-electron chi connectivity index (χ3n) is 6.31. The van der Waals surface area contributed by atoms with E-state index in [0.29, 0.717) is 46.0 Å². The van der Waals surface area contributed by atoms with Crippen molar-refractivity contribution in [2.45, 2.75) is 6.61 Å². The molecule has 0 aliphatic rings. The molecule has 8 nitrogen and oxygen atoms in total. The predicted octanol–water partition coefficient (Wildman–Crippen LogP) is 9.45. The second kappa shape index (κ2) is 15.6. The molecule has 0 fully saturated rings. The Balaban J connectivity index is 0.000000182. The largest absolute Gasteiger partial charge is 0.508 e. The van der Waals surface area contributed by atoms with Gasteiger partial charge in [0.25, 0.3) is 0 Å². The molecule has 6 aromatic rings. The van der Waals surface area contributed by atoms with Gasteiger partial charge in [-0.25, -0.2) is 0 Å². The van der Waals surface area contributed by atoms with Crippen LogP contribution >= 0.6 is 0 Å². The van der Waals surface area contributed by atoms with Gasteiger partial charge in [0.2, 0.25) is 0 Å². The third kappa shape index (κ3) is 9.44. The van der Waals surface area contributed by atoms with Crippen molar-refractivity contribution in [1.82, 2.24) is 0 Å². The summed E-state index contributed by atoms with van der Waals surface area (Å²) in [7, 11) is 1.62. The number of aromatic hydroxyl groups is 2. The molecule has 232 valence electrons. The van der Waals surface area contributed by atoms with Crippen LogP contribution in [0, 0.1) is 0 Å². The molecule has 0 spiro atoms. The van der Waals surface area contributed by atoms with E-state index in [1.54, 1.807) is 73.8 Å². The Bertz CT molecular complexity index is 1740. The van der Waals surface area contributed by atoms with Crippen LogP contribution in [0.5, 0.6) is 63.2 Å². The van der Waals surface area contributed by atoms with Crippen molar-refractivity contribution in [2.24, 2.45) is 0 Å². The minimum atomic E-state index is -0.0177. The Labute approximate surface area is 266 Å². The second-order valence-corrected chi connectivity index (χ2v) is 9.84. The van der Waals surface area contributed by atoms with Crippen LogP contribution in [0.25, 0.3) is 0 Å². The molecule has 0 saturated heterocycles. The molecule has 6 aromatic carbocycles. The minimum absolute atomic E-state index is 0.0177. The number of phenols is 2. The van der Waals surface area contributed by atoms with Gasteiger partial charge in [-0.15, -0.1) is 0 Å². The van der Waals surface area contributed by atoms with Gasteiger partial charge in [-0.2, -0.15) is 0 Å². The lowest BCUT2D eigenvalue weighted by atomic mass is 10.2. The SMILES string of the molecule is COc1cccc(Oc2cccc(Oc3cccc(CO)c3)c2)c1.Oc1cccc(Oc2cccc(Oc3cccc(O)c3)c2)c1. The minimum Gasteiger partial charge on any atom is -0.508 e. The molecule has 8 heteroatoms. The first-order chi connectivity index (χ1) is 22.4. The van der Waals surface area contributed by atoms with Crippen LogP contribution in [0.4, 0.5) is 0 Å². The van der Waals surface area contributed by atoms with Gasteiger partial charge in [0.05, 0.1) is 13.7 Å². The second-order valence-electron chi connectivity index (χ2n) is 9.84. The van der Waals surface area contributed by atoms with Gasteiger partial charge in [-0.3, -0.25) is 0 Å². The zero-order valence-corrected chi connectivity index (χ0v) is 24.9. The molecule has 0 saturated carbocycles. The van der Waals surface area contributed by atoms with Gasteiger partial charge >= 0.3 is 0 Å². The maximum Gasteiger partial charge on any atom is 0.131 e. The van der Waals surface area contributed by atoms with Crippen LogP contribution < -0.4 is 23.7 Å². The van der Waals surface area contributed by atoms with Crippen molar-refractivity contribution >= 4 is 0 Å². The van der Waals surface area contributed by atoms with E-state index < -0.39 is 0 Å². The normalized spacial score (nSPS) is 10.2. The highest BCUT2D eigenvalue weighted by Crippen LogP contribution is 2.32. The van der Waals surface area contributed by atoms with Crippen molar-refractivity contribution in [1.29, 1.82) is 0 Å². The number of ether oxygens (including phenoxy) is 5. The molecule has 0 heterocycles. The van der Waals surface area contributed by atoms with Gasteiger partial charge in [-0.1, -0.05) is 42.5 Å². The molecule has 0 aromatic heterocycles. The van der Waals surface area contributed by atoms with Crippen LogP contribution in [0.2, 0.25) is 0 Å². The highest BCUT2D eigenvalue weighted by atomic mass is 16.5. The Morgan fingerprint density at radius 1 is 0.391 bits per heavy atom. The van der Waals surface area contributed by atoms with E-state index in [1.165, 1.54) is 12.1 Å². The number of benzene rings is 6. The first-order valence-electron chi connectivity index (χ1n) is 14.3. The summed E-state index contributed by atoms with van der Waals surface area (Å²) < 4.78 is 28.2. The predicted molar refractivity (Wildman–Crippen MR) is 175 cm³/mol. The molecular formula is C38H32O8. The van der Waals surface area contributed by atoms with Gasteiger partial charge in [0, 0.05) is 30.3 Å². The molecule has 6 rings (SSSR count). The fraction of sp³-hybridized carbons (Fsp3) is 0.0526. The molecule has 3 N–H and O–H groups in total. The number of aliphatic hydroxyl groups excluding tert-OH is 1. The Hall–Kier alpha value is -6.12. The quantitative estimate of drug-likeness (QED) is 0.140. The molecule has 46 heavy (non-hydrogen) atoms. The average molecular weight is 617 g/mol. The molecule has 0 aliphatic carbocycles. The fourth-order valence-electron chi connectivity index (χ4n) is 4.21. The van der Waals surface area contributed by atoms with Crippen LogP contribution in [0.1, 0.15) is 5.56 Å². The molecule has 0 amide bonds. The summed E-state index contributed by atoms with van der Waals surface area (Å²) in [5, 5.41) is 28.1. The number of methoxy groups -OCH3 is 1. The van der Waals surface area contributed by atoms with E-state index in [-0.39, 0.29) is 18.1 Å². The Morgan fingerprint density at radius 3 is 1.07 bits per heavy atom. The van der Waals surface area contributed by atoms with E-state index in [4.69, 9.17) is 23.7 Å². The van der Waals surface area contributed by atoms with Crippen LogP contribution in [-0.2, 0) is 6.61 Å². The lowest BCUT2D eigenvalue weighted by Gasteiger charge is -2.10. The Morgan fingerprint density at radius 2 is 0.696 bits per heavy atom. The van der Waals surface area contributed by atoms with Crippen molar-refractivity contribution in [2.75, 3.05) is 7.11 Å². The van der Waals surface area contributed by atoms with E-state index in [0.717, 1.165) is 11.3 Å². The number of phenolic OH excluding ortho intramolecular Hbond substituents is 2. The van der Waals surface area contributed by atoms with E-state index in [2.05, 4.69) is 0 Å². The van der Waals surface area contributed by atoms with E-state index in [1.807, 2.05) is 66.7 Å². The smallest absolute Gasteiger partial charge is 0.131 e. The molecule has 0 atom stereocenters. The summed E-state index contributed by atoms with van der Waals surface area (Å²) in [6.45, 7) is -0.0177. The lowest BCUT2D eigenvalue weighted by Crippen LogP contribution is -1.89. The average Bonchev–Trinajstić information content (AvgIpc) is 3.06. The number of hydrogen-bond donors (Lipinski definition) is 3. The molecule has 0 radical (unpaired) electrons. The number of rotatable bonds is 10. The highest BCUT2D eigenvalue weighted by Gasteiger charge is 2.05. The van der Waals surface area contributed by atoms with Crippen molar-refractivity contribution in [3.8, 4) is 63.2 Å². The number of aliphatic hydroxyl groups is 1. The summed E-state index contributed by atoms with van der Waals surface area (Å²) in [6.07, 6.45) is 0. The van der Waals surface area contributed by atoms with Crippen molar-refractivity contribution in [3.63, 3.8) is 0 Å². The summed E-state index contributed by atoms with van der Waals surface area (Å²) >= 11 is 0. The zero-order valence-electron chi connectivity index (χ0n) is 24.9. The molecule has 0 unspecified atom stereocenters. The Kier molecular flexibility index (Phi) is 10.6. The molecule has 0 bridgehead atoms. The summed E-state index contributed by atoms with van der Waals surface area (Å²) in [6, 6.07) is 42.4. The standard InChI is InChI=1S/C20H18O4.C18H14O4/c1-22-16-6-3-8-18(12-16)24-20-10-4-9-19(13-20)23-17-7-2-5-15(11-17)14-21;19-13-4-1-6-15(10-13)21-17-8-3-9-18(12-17)22-16-7-2-5-14(20)11-16/h2-13,21H,14H2,1H3;1-12,19-20H. The summed E-state index contributed by atoms with van der Waals surface area (Å²) in [4.78, 5) is 0. The molecule has 0 aliphatic heterocycles. The third-order valence-corrected chi connectivity index (χ3v) is 6.31. The maximum absolute atomic E-state index is 9.44. The zero-order chi connectivity index (χ0) is 32.1. The topological polar surface area (TPSA) is 107 Å². The monoisotopic (exact) mass is 616 g/mol. The van der Waals surface area contributed by atoms with Crippen molar-refractivity contribution in [3.05, 3.63) is 151 Å². The number of hydrogen-bond acceptors (Lipinski definition) is 8. The highest BCUT2D eigenvalue weighted by molar-refractivity contribution is 5.43. The van der Waals surface area contributed by atoms with E-state index in [9.17, 15) is 15.3 Å². The molecular weight excluding hydrogens is 584 g/mol. The van der Waals surface area contributed by atoms with Gasteiger partial charge in [0.1, 0.15) is 63.2 Å². The van der Waals surface area contributed by atoms with Crippen LogP contribution in [-0.4, -0.2) is 22.4 Å². The van der Waals surface area contributed by atoms with Crippen LogP contribution in [0.3, 0.4) is 0 Å². The maximum atomic E-state index is 9.44. The first kappa shape index (κ1) is 31.3. The van der Waals surface area contributed by atoms with Gasteiger partial charge in [-0.05, 0) is 78.4 Å². The lowest BCUT2D eigenvalue weighted by molar-refractivity contribution is 0.281. The first-order valence-corrected chi connectivity index (χ1v) is 14.3. The van der Waals surface area contributed by atoms with Crippen LogP contribution in [0.15, 0.2) is 146 Å².